The number of rotatable bonds is 3. The summed E-state index contributed by atoms with van der Waals surface area (Å²) in [7, 11) is 0. The smallest absolute Gasteiger partial charge is 0.132 e. The van der Waals surface area contributed by atoms with Gasteiger partial charge in [0, 0.05) is 30.8 Å². The van der Waals surface area contributed by atoms with Crippen molar-refractivity contribution in [2.24, 2.45) is 5.92 Å². The number of hydrogen-bond donors (Lipinski definition) is 1. The largest absolute Gasteiger partial charge is 0.493 e. The van der Waals surface area contributed by atoms with Crippen LogP contribution >= 0.6 is 0 Å². The molecule has 1 fully saturated rings. The van der Waals surface area contributed by atoms with Crippen molar-refractivity contribution in [3.05, 3.63) is 47.9 Å². The lowest BCUT2D eigenvalue weighted by molar-refractivity contribution is 0.145. The number of ether oxygens (including phenoxy) is 1. The molecule has 126 valence electrons. The number of para-hydroxylation sites is 1. The molecule has 0 radical (unpaired) electrons. The van der Waals surface area contributed by atoms with Gasteiger partial charge in [-0.1, -0.05) is 18.2 Å². The lowest BCUT2D eigenvalue weighted by atomic mass is 9.93. The molecule has 1 unspecified atom stereocenters. The normalized spacial score (nSPS) is 21.2. The van der Waals surface area contributed by atoms with Crippen LogP contribution in [-0.4, -0.2) is 40.9 Å². The van der Waals surface area contributed by atoms with E-state index in [-0.39, 0.29) is 6.10 Å². The summed E-state index contributed by atoms with van der Waals surface area (Å²) < 4.78 is 5.89. The van der Waals surface area contributed by atoms with Crippen molar-refractivity contribution >= 4 is 5.82 Å². The van der Waals surface area contributed by atoms with E-state index in [4.69, 9.17) is 4.74 Å². The summed E-state index contributed by atoms with van der Waals surface area (Å²) in [6.45, 7) is 2.46. The average molecular weight is 325 g/mol. The Kier molecular flexibility index (Phi) is 4.34. The van der Waals surface area contributed by atoms with Gasteiger partial charge in [-0.05, 0) is 37.3 Å². The summed E-state index contributed by atoms with van der Waals surface area (Å²) in [5.74, 6) is 2.44. The molecule has 1 aromatic carbocycles. The van der Waals surface area contributed by atoms with Crippen molar-refractivity contribution in [3.8, 4) is 5.75 Å². The lowest BCUT2D eigenvalue weighted by Crippen LogP contribution is -2.36. The van der Waals surface area contributed by atoms with Crippen molar-refractivity contribution in [1.82, 2.24) is 9.97 Å². The van der Waals surface area contributed by atoms with Crippen molar-refractivity contribution in [3.63, 3.8) is 0 Å². The molecule has 0 aliphatic carbocycles. The van der Waals surface area contributed by atoms with Gasteiger partial charge in [-0.15, -0.1) is 0 Å². The predicted octanol–water partition coefficient (Wildman–Crippen LogP) is 2.23. The van der Waals surface area contributed by atoms with Crippen LogP contribution in [0, 0.1) is 5.92 Å². The maximum Gasteiger partial charge on any atom is 0.132 e. The highest BCUT2D eigenvalue weighted by Gasteiger charge is 2.22. The third-order valence-corrected chi connectivity index (χ3v) is 4.95. The number of fused-ring (bicyclic) bond motifs is 1. The first-order valence-electron chi connectivity index (χ1n) is 8.72. The molecule has 5 nitrogen and oxygen atoms in total. The molecule has 0 bridgehead atoms. The molecule has 0 amide bonds. The third-order valence-electron chi connectivity index (χ3n) is 4.95. The van der Waals surface area contributed by atoms with E-state index < -0.39 is 0 Å². The second-order valence-electron chi connectivity index (χ2n) is 6.78. The first kappa shape index (κ1) is 15.4. The number of aliphatic hydroxyl groups is 1. The Balaban J connectivity index is 1.43. The number of nitrogens with zero attached hydrogens (tertiary/aromatic N) is 3. The molecule has 24 heavy (non-hydrogen) atoms. The average Bonchev–Trinajstić information content (AvgIpc) is 2.62. The van der Waals surface area contributed by atoms with Gasteiger partial charge in [0.05, 0.1) is 12.7 Å². The van der Waals surface area contributed by atoms with Crippen LogP contribution in [0.15, 0.2) is 36.7 Å². The van der Waals surface area contributed by atoms with Gasteiger partial charge in [-0.3, -0.25) is 0 Å². The molecule has 2 aliphatic rings. The molecule has 1 saturated heterocycles. The molecule has 0 spiro atoms. The summed E-state index contributed by atoms with van der Waals surface area (Å²) in [5.41, 5.74) is 2.35. The molecular weight excluding hydrogens is 302 g/mol. The number of aliphatic hydroxyl groups excluding tert-OH is 1. The Bertz CT molecular complexity index is 699. The number of anilines is 1. The first-order chi connectivity index (χ1) is 11.8. The maximum atomic E-state index is 9.65. The van der Waals surface area contributed by atoms with Gasteiger partial charge in [0.2, 0.25) is 0 Å². The second-order valence-corrected chi connectivity index (χ2v) is 6.78. The van der Waals surface area contributed by atoms with E-state index >= 15 is 0 Å². The number of aromatic nitrogens is 2. The van der Waals surface area contributed by atoms with Crippen LogP contribution in [0.4, 0.5) is 5.82 Å². The topological polar surface area (TPSA) is 58.5 Å². The van der Waals surface area contributed by atoms with Gasteiger partial charge in [-0.2, -0.15) is 0 Å². The first-order valence-corrected chi connectivity index (χ1v) is 8.72. The Labute approximate surface area is 142 Å². The minimum atomic E-state index is -0.165. The molecule has 5 heteroatoms. The third kappa shape index (κ3) is 3.36. The molecular formula is C19H23N3O2. The van der Waals surface area contributed by atoms with Crippen LogP contribution < -0.4 is 9.64 Å². The molecule has 1 N–H and O–H groups in total. The van der Waals surface area contributed by atoms with Crippen molar-refractivity contribution in [2.75, 3.05) is 24.6 Å². The zero-order valence-electron chi connectivity index (χ0n) is 13.8. The Morgan fingerprint density at radius 1 is 1.17 bits per heavy atom. The lowest BCUT2D eigenvalue weighted by Gasteiger charge is -2.30. The SMILES string of the molecule is OC1CCN(c2cc(CC3COc4ccccc4C3)ncn2)CC1. The van der Waals surface area contributed by atoms with Gasteiger partial charge in [0.1, 0.15) is 17.9 Å². The number of hydrogen-bond acceptors (Lipinski definition) is 5. The minimum Gasteiger partial charge on any atom is -0.493 e. The Morgan fingerprint density at radius 3 is 2.88 bits per heavy atom. The van der Waals surface area contributed by atoms with Crippen LogP contribution in [0.2, 0.25) is 0 Å². The Hall–Kier alpha value is -2.14. The second kappa shape index (κ2) is 6.77. The summed E-state index contributed by atoms with van der Waals surface area (Å²) in [6.07, 6.45) is 5.06. The van der Waals surface area contributed by atoms with E-state index in [1.54, 1.807) is 6.33 Å². The molecule has 1 aromatic heterocycles. The van der Waals surface area contributed by atoms with Gasteiger partial charge in [0.25, 0.3) is 0 Å². The standard InChI is InChI=1S/C19H23N3O2/c23-17-5-7-22(8-6-17)19-11-16(20-13-21-19)10-14-9-15-3-1-2-4-18(15)24-12-14/h1-4,11,13-14,17,23H,5-10,12H2. The highest BCUT2D eigenvalue weighted by Crippen LogP contribution is 2.28. The molecule has 3 heterocycles. The summed E-state index contributed by atoms with van der Waals surface area (Å²) in [6, 6.07) is 10.4. The van der Waals surface area contributed by atoms with Crippen molar-refractivity contribution in [1.29, 1.82) is 0 Å². The summed E-state index contributed by atoms with van der Waals surface area (Å²) in [4.78, 5) is 11.1. The summed E-state index contributed by atoms with van der Waals surface area (Å²) in [5, 5.41) is 9.65. The Morgan fingerprint density at radius 2 is 2.00 bits per heavy atom. The zero-order chi connectivity index (χ0) is 16.4. The van der Waals surface area contributed by atoms with Gasteiger partial charge < -0.3 is 14.7 Å². The monoisotopic (exact) mass is 325 g/mol. The van der Waals surface area contributed by atoms with Crippen molar-refractivity contribution < 1.29 is 9.84 Å². The molecule has 1 atom stereocenters. The maximum absolute atomic E-state index is 9.65. The molecule has 2 aliphatic heterocycles. The van der Waals surface area contributed by atoms with E-state index in [2.05, 4.69) is 33.1 Å². The fraction of sp³-hybridized carbons (Fsp3) is 0.474. The van der Waals surface area contributed by atoms with Crippen LogP contribution in [-0.2, 0) is 12.8 Å². The quantitative estimate of drug-likeness (QED) is 0.938. The van der Waals surface area contributed by atoms with Gasteiger partial charge in [-0.25, -0.2) is 9.97 Å². The predicted molar refractivity (Wildman–Crippen MR) is 92.3 cm³/mol. The van der Waals surface area contributed by atoms with Crippen LogP contribution in [0.3, 0.4) is 0 Å². The van der Waals surface area contributed by atoms with E-state index in [9.17, 15) is 5.11 Å². The van der Waals surface area contributed by atoms with E-state index in [1.165, 1.54) is 5.56 Å². The summed E-state index contributed by atoms with van der Waals surface area (Å²) >= 11 is 0. The number of benzene rings is 1. The van der Waals surface area contributed by atoms with Gasteiger partial charge in [0.15, 0.2) is 0 Å². The zero-order valence-corrected chi connectivity index (χ0v) is 13.8. The van der Waals surface area contributed by atoms with Gasteiger partial charge >= 0.3 is 0 Å². The van der Waals surface area contributed by atoms with E-state index in [0.717, 1.165) is 62.6 Å². The number of piperidine rings is 1. The fourth-order valence-electron chi connectivity index (χ4n) is 3.58. The molecule has 0 saturated carbocycles. The highest BCUT2D eigenvalue weighted by atomic mass is 16.5. The highest BCUT2D eigenvalue weighted by molar-refractivity contribution is 5.40. The van der Waals surface area contributed by atoms with E-state index in [0.29, 0.717) is 5.92 Å². The van der Waals surface area contributed by atoms with Crippen LogP contribution in [0.1, 0.15) is 24.1 Å². The van der Waals surface area contributed by atoms with Crippen LogP contribution in [0.25, 0.3) is 0 Å². The minimum absolute atomic E-state index is 0.165. The van der Waals surface area contributed by atoms with Crippen LogP contribution in [0.5, 0.6) is 5.75 Å². The fourth-order valence-corrected chi connectivity index (χ4v) is 3.58. The molecule has 2 aromatic rings. The molecule has 4 rings (SSSR count). The van der Waals surface area contributed by atoms with Crippen molar-refractivity contribution in [2.45, 2.75) is 31.8 Å². The van der Waals surface area contributed by atoms with E-state index in [1.807, 2.05) is 12.1 Å².